The van der Waals surface area contributed by atoms with Gasteiger partial charge in [-0.3, -0.25) is 9.36 Å². The molecule has 1 amide bonds. The van der Waals surface area contributed by atoms with E-state index < -0.39 is 23.7 Å². The van der Waals surface area contributed by atoms with Crippen molar-refractivity contribution in [3.05, 3.63) is 56.7 Å². The number of amides is 1. The van der Waals surface area contributed by atoms with Gasteiger partial charge in [0.05, 0.1) is 29.3 Å². The van der Waals surface area contributed by atoms with Crippen LogP contribution in [0.4, 0.5) is 19.5 Å². The lowest BCUT2D eigenvalue weighted by atomic mass is 10.1. The molecule has 2 aromatic heterocycles. The lowest BCUT2D eigenvalue weighted by Gasteiger charge is -2.35. The third kappa shape index (κ3) is 5.49. The summed E-state index contributed by atoms with van der Waals surface area (Å²) in [5.41, 5.74) is -0.347. The maximum atomic E-state index is 13.7. The second-order valence-corrected chi connectivity index (χ2v) is 10.6. The molecule has 8 nitrogen and oxygen atoms in total. The molecule has 0 spiro atoms. The first-order valence-electron chi connectivity index (χ1n) is 11.6. The predicted molar refractivity (Wildman–Crippen MR) is 134 cm³/mol. The number of alkyl halides is 2. The molecule has 11 heteroatoms. The number of nitrogens with one attached hydrogen (secondary N) is 1. The van der Waals surface area contributed by atoms with Crippen molar-refractivity contribution in [2.75, 3.05) is 18.0 Å². The van der Waals surface area contributed by atoms with Gasteiger partial charge in [-0.05, 0) is 45.2 Å². The van der Waals surface area contributed by atoms with Gasteiger partial charge in [0.2, 0.25) is 5.95 Å². The van der Waals surface area contributed by atoms with Crippen LogP contribution in [0, 0.1) is 11.3 Å². The average Bonchev–Trinajstić information content (AvgIpc) is 3.24. The molecular weight excluding hydrogens is 488 g/mol. The second kappa shape index (κ2) is 10.2. The van der Waals surface area contributed by atoms with Crippen LogP contribution in [0.5, 0.6) is 0 Å². The zero-order valence-electron chi connectivity index (χ0n) is 20.3. The molecular formula is C25H27F2N5O3S. The highest BCUT2D eigenvalue weighted by atomic mass is 32.1. The van der Waals surface area contributed by atoms with E-state index in [9.17, 15) is 23.6 Å². The highest BCUT2D eigenvalue weighted by molar-refractivity contribution is 7.17. The molecule has 1 saturated heterocycles. The molecule has 3 aromatic rings. The number of nitrogens with zero attached hydrogens (tertiary/aromatic N) is 4. The lowest BCUT2D eigenvalue weighted by Crippen LogP contribution is -2.50. The van der Waals surface area contributed by atoms with Gasteiger partial charge in [-0.15, -0.1) is 11.3 Å². The molecule has 190 valence electrons. The van der Waals surface area contributed by atoms with Crippen molar-refractivity contribution in [2.45, 2.75) is 58.2 Å². The van der Waals surface area contributed by atoms with Crippen LogP contribution in [-0.4, -0.2) is 40.4 Å². The first-order valence-corrected chi connectivity index (χ1v) is 12.5. The number of carbonyl (C=O) groups is 1. The summed E-state index contributed by atoms with van der Waals surface area (Å²) in [6.07, 6.45) is -1.93. The number of carbonyl (C=O) groups excluding carboxylic acids is 1. The van der Waals surface area contributed by atoms with Gasteiger partial charge in [0, 0.05) is 24.5 Å². The summed E-state index contributed by atoms with van der Waals surface area (Å²) in [4.78, 5) is 32.2. The van der Waals surface area contributed by atoms with E-state index >= 15 is 0 Å². The molecule has 1 aliphatic heterocycles. The van der Waals surface area contributed by atoms with Gasteiger partial charge < -0.3 is 15.0 Å². The van der Waals surface area contributed by atoms with Crippen molar-refractivity contribution in [1.29, 1.82) is 5.26 Å². The monoisotopic (exact) mass is 515 g/mol. The lowest BCUT2D eigenvalue weighted by molar-refractivity contribution is 0.0499. The minimum absolute atomic E-state index is 0.0120. The standard InChI is InChI=1S/C25H27F2N5O3S/c1-25(2,3)35-24(34)29-17-9-6-10-31(13-17)23-30-19-18(21(26)27)14-36-20(19)22(33)32(23)12-16-8-5-4-7-15(16)11-28/h4-5,7-8,14,17,21H,6,9-10,12-13H2,1-3H3,(H,29,34). The van der Waals surface area contributed by atoms with Gasteiger partial charge in [0.25, 0.3) is 12.0 Å². The third-order valence-electron chi connectivity index (χ3n) is 5.81. The van der Waals surface area contributed by atoms with Crippen LogP contribution in [0.25, 0.3) is 10.2 Å². The molecule has 1 fully saturated rings. The van der Waals surface area contributed by atoms with Crippen LogP contribution < -0.4 is 15.8 Å². The number of alkyl carbamates (subject to hydrolysis) is 1. The number of nitriles is 1. The molecule has 0 saturated carbocycles. The smallest absolute Gasteiger partial charge is 0.407 e. The zero-order valence-corrected chi connectivity index (χ0v) is 21.1. The quantitative estimate of drug-likeness (QED) is 0.524. The number of anilines is 1. The van der Waals surface area contributed by atoms with E-state index in [1.807, 2.05) is 4.90 Å². The number of hydrogen-bond donors (Lipinski definition) is 1. The molecule has 0 bridgehead atoms. The third-order valence-corrected chi connectivity index (χ3v) is 6.79. The molecule has 0 aliphatic carbocycles. The summed E-state index contributed by atoms with van der Waals surface area (Å²) in [5.74, 6) is 0.233. The number of aromatic nitrogens is 2. The van der Waals surface area contributed by atoms with Crippen molar-refractivity contribution in [2.24, 2.45) is 0 Å². The number of hydrogen-bond acceptors (Lipinski definition) is 7. The van der Waals surface area contributed by atoms with E-state index in [4.69, 9.17) is 4.74 Å². The number of benzene rings is 1. The molecule has 36 heavy (non-hydrogen) atoms. The molecule has 1 aromatic carbocycles. The summed E-state index contributed by atoms with van der Waals surface area (Å²) >= 11 is 0.940. The van der Waals surface area contributed by atoms with Crippen molar-refractivity contribution < 1.29 is 18.3 Å². The molecule has 3 heterocycles. The first kappa shape index (κ1) is 25.6. The molecule has 0 radical (unpaired) electrons. The number of rotatable bonds is 5. The van der Waals surface area contributed by atoms with Crippen LogP contribution in [-0.2, 0) is 11.3 Å². The summed E-state index contributed by atoms with van der Waals surface area (Å²) in [7, 11) is 0. The summed E-state index contributed by atoms with van der Waals surface area (Å²) in [6, 6.07) is 8.77. The fraction of sp³-hybridized carbons (Fsp3) is 0.440. The Bertz CT molecular complexity index is 1370. The predicted octanol–water partition coefficient (Wildman–Crippen LogP) is 4.81. The Balaban J connectivity index is 1.74. The maximum Gasteiger partial charge on any atom is 0.407 e. The Morgan fingerprint density at radius 2 is 2.11 bits per heavy atom. The van der Waals surface area contributed by atoms with Crippen LogP contribution in [0.15, 0.2) is 34.4 Å². The van der Waals surface area contributed by atoms with Crippen LogP contribution >= 0.6 is 11.3 Å². The number of piperidine rings is 1. The Morgan fingerprint density at radius 1 is 1.36 bits per heavy atom. The van der Waals surface area contributed by atoms with Crippen molar-refractivity contribution in [1.82, 2.24) is 14.9 Å². The van der Waals surface area contributed by atoms with Crippen LogP contribution in [0.2, 0.25) is 0 Å². The molecule has 1 atom stereocenters. The van der Waals surface area contributed by atoms with E-state index in [0.717, 1.165) is 11.3 Å². The molecule has 1 N–H and O–H groups in total. The SMILES string of the molecule is CC(C)(C)OC(=O)NC1CCCN(c2nc3c(C(F)F)csc3c(=O)n2Cc2ccccc2C#N)C1. The highest BCUT2D eigenvalue weighted by Gasteiger charge is 2.29. The Morgan fingerprint density at radius 3 is 2.81 bits per heavy atom. The van der Waals surface area contributed by atoms with E-state index in [0.29, 0.717) is 37.1 Å². The fourth-order valence-corrected chi connectivity index (χ4v) is 5.18. The van der Waals surface area contributed by atoms with Crippen molar-refractivity contribution in [3.8, 4) is 6.07 Å². The minimum Gasteiger partial charge on any atom is -0.444 e. The van der Waals surface area contributed by atoms with Gasteiger partial charge >= 0.3 is 6.09 Å². The number of thiophene rings is 1. The summed E-state index contributed by atoms with van der Waals surface area (Å²) in [6.45, 7) is 6.24. The second-order valence-electron chi connectivity index (χ2n) is 9.67. The Labute approximate surface area is 211 Å². The Kier molecular flexibility index (Phi) is 7.26. The van der Waals surface area contributed by atoms with Crippen LogP contribution in [0.1, 0.15) is 56.7 Å². The highest BCUT2D eigenvalue weighted by Crippen LogP contribution is 2.32. The number of ether oxygens (including phenoxy) is 1. The van der Waals surface area contributed by atoms with E-state index in [1.54, 1.807) is 45.0 Å². The van der Waals surface area contributed by atoms with Crippen molar-refractivity contribution >= 4 is 33.6 Å². The van der Waals surface area contributed by atoms with Crippen molar-refractivity contribution in [3.63, 3.8) is 0 Å². The van der Waals surface area contributed by atoms with Gasteiger partial charge in [0.1, 0.15) is 10.3 Å². The number of fused-ring (bicyclic) bond motifs is 1. The molecule has 1 aliphatic rings. The molecule has 1 unspecified atom stereocenters. The number of halogens is 2. The van der Waals surface area contributed by atoms with Gasteiger partial charge in [-0.1, -0.05) is 18.2 Å². The first-order chi connectivity index (χ1) is 17.1. The van der Waals surface area contributed by atoms with Gasteiger partial charge in [0.15, 0.2) is 0 Å². The van der Waals surface area contributed by atoms with E-state index in [2.05, 4.69) is 16.4 Å². The van der Waals surface area contributed by atoms with Gasteiger partial charge in [-0.2, -0.15) is 5.26 Å². The van der Waals surface area contributed by atoms with Crippen LogP contribution in [0.3, 0.4) is 0 Å². The fourth-order valence-electron chi connectivity index (χ4n) is 4.23. The maximum absolute atomic E-state index is 13.7. The van der Waals surface area contributed by atoms with E-state index in [1.165, 1.54) is 9.95 Å². The average molecular weight is 516 g/mol. The van der Waals surface area contributed by atoms with Gasteiger partial charge in [-0.25, -0.2) is 18.6 Å². The van der Waals surface area contributed by atoms with E-state index in [-0.39, 0.29) is 34.3 Å². The Hall–Kier alpha value is -3.52. The minimum atomic E-state index is -2.77. The largest absolute Gasteiger partial charge is 0.444 e. The summed E-state index contributed by atoms with van der Waals surface area (Å²) in [5, 5.41) is 13.7. The normalized spacial score (nSPS) is 16.2. The summed E-state index contributed by atoms with van der Waals surface area (Å²) < 4.78 is 34.3. The molecule has 4 rings (SSSR count). The topological polar surface area (TPSA) is 100 Å². The zero-order chi connectivity index (χ0) is 26.0.